The van der Waals surface area contributed by atoms with Gasteiger partial charge >= 0.3 is 6.09 Å². The van der Waals surface area contributed by atoms with Gasteiger partial charge < -0.3 is 14.4 Å². The molecule has 1 saturated heterocycles. The molecule has 1 aliphatic heterocycles. The van der Waals surface area contributed by atoms with Crippen LogP contribution in [-0.2, 0) is 14.3 Å². The summed E-state index contributed by atoms with van der Waals surface area (Å²) in [5.74, 6) is 0. The fraction of sp³-hybridized carbons (Fsp3) is 0.579. The lowest BCUT2D eigenvalue weighted by molar-refractivity contribution is -0.0388. The van der Waals surface area contributed by atoms with E-state index in [2.05, 4.69) is 17.0 Å². The van der Waals surface area contributed by atoms with Crippen molar-refractivity contribution in [2.24, 2.45) is 0 Å². The molecule has 1 aliphatic rings. The standard InChI is InChI=1S/C19H29N3O4/c1-15(16-6-5-9-20-14-16)21-25-13-12-24-17-7-10-22(11-8-17)18(23)26-19(2,3)4/h5-6,9,14,17,21H,1,7-8,10-13H2,2-4H3. The van der Waals surface area contributed by atoms with Crippen LogP contribution in [0.15, 0.2) is 31.1 Å². The van der Waals surface area contributed by atoms with Crippen LogP contribution in [-0.4, -0.2) is 54.0 Å². The predicted molar refractivity (Wildman–Crippen MR) is 99.1 cm³/mol. The van der Waals surface area contributed by atoms with E-state index in [1.807, 2.05) is 32.9 Å². The number of hydroxylamine groups is 1. The van der Waals surface area contributed by atoms with Crippen molar-refractivity contribution in [3.8, 4) is 0 Å². The Balaban J connectivity index is 1.56. The summed E-state index contributed by atoms with van der Waals surface area (Å²) in [6.45, 7) is 11.7. The molecule has 1 fully saturated rings. The topological polar surface area (TPSA) is 72.9 Å². The molecular weight excluding hydrogens is 334 g/mol. The maximum Gasteiger partial charge on any atom is 0.410 e. The molecule has 1 aromatic rings. The maximum atomic E-state index is 12.0. The number of aromatic nitrogens is 1. The molecule has 0 spiro atoms. The molecule has 0 atom stereocenters. The highest BCUT2D eigenvalue weighted by molar-refractivity contribution is 5.68. The minimum atomic E-state index is -0.464. The number of hydrogen-bond donors (Lipinski definition) is 1. The SMILES string of the molecule is C=C(NOCCOC1CCN(C(=O)OC(C)(C)C)CC1)c1cccnc1. The van der Waals surface area contributed by atoms with Gasteiger partial charge in [-0.15, -0.1) is 0 Å². The van der Waals surface area contributed by atoms with E-state index in [4.69, 9.17) is 14.3 Å². The molecule has 7 nitrogen and oxygen atoms in total. The van der Waals surface area contributed by atoms with Crippen LogP contribution < -0.4 is 5.48 Å². The van der Waals surface area contributed by atoms with Gasteiger partial charge in [-0.25, -0.2) is 4.79 Å². The molecule has 0 unspecified atom stereocenters. The van der Waals surface area contributed by atoms with Crippen LogP contribution >= 0.6 is 0 Å². The van der Waals surface area contributed by atoms with E-state index in [-0.39, 0.29) is 12.2 Å². The molecule has 26 heavy (non-hydrogen) atoms. The highest BCUT2D eigenvalue weighted by Crippen LogP contribution is 2.17. The van der Waals surface area contributed by atoms with Crippen LogP contribution in [0.4, 0.5) is 4.79 Å². The Hall–Kier alpha value is -2.12. The van der Waals surface area contributed by atoms with Crippen molar-refractivity contribution in [2.45, 2.75) is 45.3 Å². The summed E-state index contributed by atoms with van der Waals surface area (Å²) in [5, 5.41) is 0. The average molecular weight is 363 g/mol. The molecule has 0 radical (unpaired) electrons. The largest absolute Gasteiger partial charge is 0.444 e. The number of nitrogens with zero attached hydrogens (tertiary/aromatic N) is 2. The Morgan fingerprint density at radius 2 is 2.08 bits per heavy atom. The highest BCUT2D eigenvalue weighted by atomic mass is 16.7. The molecule has 0 saturated carbocycles. The summed E-state index contributed by atoms with van der Waals surface area (Å²) in [6, 6.07) is 3.75. The lowest BCUT2D eigenvalue weighted by Gasteiger charge is -2.33. The van der Waals surface area contributed by atoms with Gasteiger partial charge in [0, 0.05) is 31.0 Å². The van der Waals surface area contributed by atoms with Crippen LogP contribution in [0.5, 0.6) is 0 Å². The number of carbonyl (C=O) groups is 1. The minimum absolute atomic E-state index is 0.138. The van der Waals surface area contributed by atoms with Crippen molar-refractivity contribution in [3.05, 3.63) is 36.7 Å². The second kappa shape index (κ2) is 9.54. The van der Waals surface area contributed by atoms with Gasteiger partial charge in [0.1, 0.15) is 5.60 Å². The molecule has 0 aliphatic carbocycles. The van der Waals surface area contributed by atoms with E-state index in [1.165, 1.54) is 0 Å². The quantitative estimate of drug-likeness (QED) is 0.593. The molecule has 0 bridgehead atoms. The first-order valence-corrected chi connectivity index (χ1v) is 8.92. The fourth-order valence-electron chi connectivity index (χ4n) is 2.53. The van der Waals surface area contributed by atoms with Crippen molar-refractivity contribution in [1.29, 1.82) is 0 Å². The summed E-state index contributed by atoms with van der Waals surface area (Å²) >= 11 is 0. The molecule has 144 valence electrons. The molecule has 1 N–H and O–H groups in total. The van der Waals surface area contributed by atoms with Gasteiger partial charge in [0.15, 0.2) is 0 Å². The van der Waals surface area contributed by atoms with Gasteiger partial charge in [0.2, 0.25) is 0 Å². The third-order valence-corrected chi connectivity index (χ3v) is 3.84. The van der Waals surface area contributed by atoms with Crippen molar-refractivity contribution in [2.75, 3.05) is 26.3 Å². The number of amides is 1. The third kappa shape index (κ3) is 7.01. The number of pyridine rings is 1. The van der Waals surface area contributed by atoms with Crippen molar-refractivity contribution in [1.82, 2.24) is 15.4 Å². The zero-order valence-corrected chi connectivity index (χ0v) is 15.9. The van der Waals surface area contributed by atoms with Gasteiger partial charge in [0.25, 0.3) is 0 Å². The Morgan fingerprint density at radius 3 is 2.69 bits per heavy atom. The summed E-state index contributed by atoms with van der Waals surface area (Å²) in [4.78, 5) is 23.2. The first kappa shape index (κ1) is 20.2. The Morgan fingerprint density at radius 1 is 1.35 bits per heavy atom. The number of carbonyl (C=O) groups excluding carboxylic acids is 1. The van der Waals surface area contributed by atoms with E-state index in [9.17, 15) is 4.79 Å². The molecule has 7 heteroatoms. The summed E-state index contributed by atoms with van der Waals surface area (Å²) in [6.07, 6.45) is 4.91. The fourth-order valence-corrected chi connectivity index (χ4v) is 2.53. The normalized spacial score (nSPS) is 15.6. The van der Waals surface area contributed by atoms with Crippen LogP contribution in [0.25, 0.3) is 5.70 Å². The smallest absolute Gasteiger partial charge is 0.410 e. The monoisotopic (exact) mass is 363 g/mol. The second-order valence-corrected chi connectivity index (χ2v) is 7.21. The van der Waals surface area contributed by atoms with Crippen LogP contribution in [0, 0.1) is 0 Å². The van der Waals surface area contributed by atoms with Gasteiger partial charge in [-0.05, 0) is 45.7 Å². The van der Waals surface area contributed by atoms with E-state index < -0.39 is 5.60 Å². The van der Waals surface area contributed by atoms with E-state index in [0.29, 0.717) is 32.0 Å². The van der Waals surface area contributed by atoms with E-state index in [1.54, 1.807) is 17.3 Å². The number of ether oxygens (including phenoxy) is 2. The van der Waals surface area contributed by atoms with Crippen molar-refractivity contribution in [3.63, 3.8) is 0 Å². The number of hydrogen-bond acceptors (Lipinski definition) is 6. The van der Waals surface area contributed by atoms with Gasteiger partial charge in [-0.2, -0.15) is 0 Å². The third-order valence-electron chi connectivity index (χ3n) is 3.84. The summed E-state index contributed by atoms with van der Waals surface area (Å²) < 4.78 is 11.2. The molecule has 1 amide bonds. The lowest BCUT2D eigenvalue weighted by atomic mass is 10.1. The zero-order chi connectivity index (χ0) is 19.0. The number of rotatable bonds is 7. The van der Waals surface area contributed by atoms with E-state index in [0.717, 1.165) is 18.4 Å². The lowest BCUT2D eigenvalue weighted by Crippen LogP contribution is -2.43. The number of piperidine rings is 1. The molecule has 0 aromatic carbocycles. The molecule has 2 heterocycles. The Bertz CT molecular complexity index is 578. The molecule has 1 aromatic heterocycles. The van der Waals surface area contributed by atoms with Gasteiger partial charge in [0.05, 0.1) is 25.0 Å². The molecular formula is C19H29N3O4. The van der Waals surface area contributed by atoms with Crippen LogP contribution in [0.2, 0.25) is 0 Å². The minimum Gasteiger partial charge on any atom is -0.444 e. The predicted octanol–water partition coefficient (Wildman–Crippen LogP) is 2.99. The zero-order valence-electron chi connectivity index (χ0n) is 15.9. The van der Waals surface area contributed by atoms with Crippen molar-refractivity contribution >= 4 is 11.8 Å². The second-order valence-electron chi connectivity index (χ2n) is 7.21. The van der Waals surface area contributed by atoms with Crippen molar-refractivity contribution < 1.29 is 19.1 Å². The Kier molecular flexibility index (Phi) is 7.41. The average Bonchev–Trinajstić information content (AvgIpc) is 2.61. The maximum absolute atomic E-state index is 12.0. The number of likely N-dealkylation sites (tertiary alicyclic amines) is 1. The summed E-state index contributed by atoms with van der Waals surface area (Å²) in [7, 11) is 0. The van der Waals surface area contributed by atoms with Gasteiger partial charge in [-0.1, -0.05) is 6.58 Å². The first-order chi connectivity index (χ1) is 12.3. The Labute approximate surface area is 155 Å². The molecule has 2 rings (SSSR count). The van der Waals surface area contributed by atoms with Gasteiger partial charge in [-0.3, -0.25) is 15.3 Å². The number of nitrogens with one attached hydrogen (secondary N) is 1. The van der Waals surface area contributed by atoms with E-state index >= 15 is 0 Å². The summed E-state index contributed by atoms with van der Waals surface area (Å²) in [5.41, 5.74) is 3.87. The highest BCUT2D eigenvalue weighted by Gasteiger charge is 2.27. The van der Waals surface area contributed by atoms with Crippen LogP contribution in [0.1, 0.15) is 39.2 Å². The van der Waals surface area contributed by atoms with Crippen LogP contribution in [0.3, 0.4) is 0 Å². The first-order valence-electron chi connectivity index (χ1n) is 8.92.